The van der Waals surface area contributed by atoms with Crippen LogP contribution in [-0.2, 0) is 0 Å². The fourth-order valence-electron chi connectivity index (χ4n) is 1.71. The van der Waals surface area contributed by atoms with Crippen LogP contribution in [0, 0.1) is 6.42 Å². The summed E-state index contributed by atoms with van der Waals surface area (Å²) in [7, 11) is 0. The van der Waals surface area contributed by atoms with Crippen LogP contribution in [0.25, 0.3) is 4.91 Å². The zero-order valence-corrected chi connectivity index (χ0v) is 9.50. The molecule has 1 heterocycles. The highest BCUT2D eigenvalue weighted by Crippen LogP contribution is 2.40. The summed E-state index contributed by atoms with van der Waals surface area (Å²) >= 11 is 1.81. The molecule has 0 aromatic heterocycles. The highest BCUT2D eigenvalue weighted by atomic mass is 32.2. The van der Waals surface area contributed by atoms with Gasteiger partial charge in [0, 0.05) is 16.2 Å². The molecular formula is C15H10S. The lowest BCUT2D eigenvalue weighted by atomic mass is 10.1. The molecule has 0 saturated carbocycles. The maximum atomic E-state index is 3.33. The second-order valence-corrected chi connectivity index (χ2v) is 4.70. The maximum Gasteiger partial charge on any atom is 0.0446 e. The summed E-state index contributed by atoms with van der Waals surface area (Å²) in [6.07, 6.45) is 5.40. The Morgan fingerprint density at radius 2 is 1.56 bits per heavy atom. The quantitative estimate of drug-likeness (QED) is 0.694. The van der Waals surface area contributed by atoms with Crippen LogP contribution in [0.5, 0.6) is 0 Å². The first-order chi connectivity index (χ1) is 7.93. The fourth-order valence-corrected chi connectivity index (χ4v) is 2.70. The van der Waals surface area contributed by atoms with Crippen molar-refractivity contribution in [1.82, 2.24) is 0 Å². The summed E-state index contributed by atoms with van der Waals surface area (Å²) in [5.41, 5.74) is 2.45. The Morgan fingerprint density at radius 1 is 0.812 bits per heavy atom. The van der Waals surface area contributed by atoms with Gasteiger partial charge in [0.1, 0.15) is 0 Å². The Hall–Kier alpha value is -1.47. The van der Waals surface area contributed by atoms with E-state index >= 15 is 0 Å². The molecule has 76 valence electrons. The average molecular weight is 222 g/mol. The monoisotopic (exact) mass is 222 g/mol. The van der Waals surface area contributed by atoms with Crippen LogP contribution in [0.15, 0.2) is 65.6 Å². The summed E-state index contributed by atoms with van der Waals surface area (Å²) in [6, 6.07) is 18.8. The van der Waals surface area contributed by atoms with Gasteiger partial charge in [0.15, 0.2) is 0 Å². The van der Waals surface area contributed by atoms with Crippen LogP contribution < -0.4 is 0 Å². The Morgan fingerprint density at radius 3 is 2.44 bits per heavy atom. The largest absolute Gasteiger partial charge is 0.0894 e. The third kappa shape index (κ3) is 1.79. The van der Waals surface area contributed by atoms with Crippen molar-refractivity contribution in [2.75, 3.05) is 0 Å². The van der Waals surface area contributed by atoms with Crippen molar-refractivity contribution in [2.24, 2.45) is 0 Å². The molecule has 2 aromatic carbocycles. The minimum absolute atomic E-state index is 1.19. The molecule has 16 heavy (non-hydrogen) atoms. The zero-order chi connectivity index (χ0) is 10.8. The van der Waals surface area contributed by atoms with Crippen LogP contribution in [0.2, 0.25) is 0 Å². The predicted molar refractivity (Wildman–Crippen MR) is 69.1 cm³/mol. The number of thioether (sulfide) groups is 1. The van der Waals surface area contributed by atoms with Gasteiger partial charge < -0.3 is 0 Å². The zero-order valence-electron chi connectivity index (χ0n) is 8.68. The number of rotatable bonds is 1. The van der Waals surface area contributed by atoms with E-state index in [0.717, 1.165) is 0 Å². The van der Waals surface area contributed by atoms with Gasteiger partial charge in [-0.05, 0) is 17.2 Å². The summed E-state index contributed by atoms with van der Waals surface area (Å²) in [4.78, 5) is 2.54. The van der Waals surface area contributed by atoms with Gasteiger partial charge >= 0.3 is 0 Å². The lowest BCUT2D eigenvalue weighted by Crippen LogP contribution is -1.91. The first kappa shape index (κ1) is 9.73. The van der Waals surface area contributed by atoms with Crippen molar-refractivity contribution in [3.8, 4) is 0 Å². The van der Waals surface area contributed by atoms with E-state index in [9.17, 15) is 0 Å². The first-order valence-corrected chi connectivity index (χ1v) is 6.04. The van der Waals surface area contributed by atoms with Crippen molar-refractivity contribution >= 4 is 16.7 Å². The van der Waals surface area contributed by atoms with Crippen LogP contribution >= 0.6 is 11.8 Å². The molecule has 2 aromatic rings. The van der Waals surface area contributed by atoms with Gasteiger partial charge in [-0.2, -0.15) is 0 Å². The standard InChI is InChI=1S/C15H10S/c1-2-6-12(7-3-1)15-11-10-13-8-4-5-9-14(13)16-15/h1-9,11H. The molecule has 1 aliphatic heterocycles. The predicted octanol–water partition coefficient (Wildman–Crippen LogP) is 4.26. The molecule has 0 aliphatic carbocycles. The summed E-state index contributed by atoms with van der Waals surface area (Å²) in [5, 5.41) is 0. The van der Waals surface area contributed by atoms with Crippen molar-refractivity contribution in [2.45, 2.75) is 4.90 Å². The van der Waals surface area contributed by atoms with Gasteiger partial charge in [-0.3, -0.25) is 0 Å². The van der Waals surface area contributed by atoms with E-state index in [1.54, 1.807) is 0 Å². The SMILES string of the molecule is [C]1C=C(c2ccccc2)Sc2ccccc21. The second kappa shape index (κ2) is 4.18. The fraction of sp³-hybridized carbons (Fsp3) is 0. The molecule has 0 fully saturated rings. The van der Waals surface area contributed by atoms with E-state index in [1.165, 1.54) is 20.9 Å². The van der Waals surface area contributed by atoms with E-state index in [4.69, 9.17) is 0 Å². The van der Waals surface area contributed by atoms with E-state index in [0.29, 0.717) is 0 Å². The molecule has 0 atom stereocenters. The molecule has 0 N–H and O–H groups in total. The molecule has 3 rings (SSSR count). The molecule has 0 amide bonds. The van der Waals surface area contributed by atoms with E-state index < -0.39 is 0 Å². The Balaban J connectivity index is 1.95. The Kier molecular flexibility index (Phi) is 2.55. The molecule has 0 spiro atoms. The number of hydrogen-bond donors (Lipinski definition) is 0. The average Bonchev–Trinajstić information content (AvgIpc) is 2.39. The van der Waals surface area contributed by atoms with Crippen molar-refractivity contribution in [3.05, 3.63) is 78.2 Å². The smallest absolute Gasteiger partial charge is 0.0446 e. The van der Waals surface area contributed by atoms with Crippen molar-refractivity contribution < 1.29 is 0 Å². The normalized spacial score (nSPS) is 14.1. The molecule has 0 unspecified atom stereocenters. The molecule has 2 radical (unpaired) electrons. The molecule has 0 saturated heterocycles. The van der Waals surface area contributed by atoms with Gasteiger partial charge in [-0.15, -0.1) is 0 Å². The molecule has 1 heteroatoms. The lowest BCUT2D eigenvalue weighted by molar-refractivity contribution is 1.34. The Bertz CT molecular complexity index is 526. The minimum atomic E-state index is 1.19. The highest BCUT2D eigenvalue weighted by molar-refractivity contribution is 8.08. The van der Waals surface area contributed by atoms with E-state index in [1.807, 2.05) is 23.9 Å². The highest BCUT2D eigenvalue weighted by Gasteiger charge is 2.12. The molecule has 0 nitrogen and oxygen atoms in total. The third-order valence-corrected chi connectivity index (χ3v) is 3.67. The summed E-state index contributed by atoms with van der Waals surface area (Å²) in [5.74, 6) is 0. The van der Waals surface area contributed by atoms with Gasteiger partial charge in [0.05, 0.1) is 0 Å². The molecule has 0 bridgehead atoms. The summed E-state index contributed by atoms with van der Waals surface area (Å²) in [6.45, 7) is 0. The van der Waals surface area contributed by atoms with Gasteiger partial charge in [-0.1, -0.05) is 66.4 Å². The van der Waals surface area contributed by atoms with Crippen LogP contribution in [0.1, 0.15) is 11.1 Å². The number of hydrogen-bond acceptors (Lipinski definition) is 1. The minimum Gasteiger partial charge on any atom is -0.0894 e. The van der Waals surface area contributed by atoms with Crippen LogP contribution in [-0.4, -0.2) is 0 Å². The topological polar surface area (TPSA) is 0 Å². The number of benzene rings is 2. The molecule has 1 aliphatic rings. The van der Waals surface area contributed by atoms with Crippen LogP contribution in [0.4, 0.5) is 0 Å². The number of fused-ring (bicyclic) bond motifs is 1. The van der Waals surface area contributed by atoms with Crippen molar-refractivity contribution in [1.29, 1.82) is 0 Å². The second-order valence-electron chi connectivity index (χ2n) is 3.62. The van der Waals surface area contributed by atoms with Crippen LogP contribution in [0.3, 0.4) is 0 Å². The Labute approximate surface area is 100 Å². The van der Waals surface area contributed by atoms with E-state index in [-0.39, 0.29) is 0 Å². The maximum absolute atomic E-state index is 3.33. The first-order valence-electron chi connectivity index (χ1n) is 5.22. The van der Waals surface area contributed by atoms with E-state index in [2.05, 4.69) is 55.0 Å². The number of allylic oxidation sites excluding steroid dienone is 1. The van der Waals surface area contributed by atoms with Gasteiger partial charge in [0.2, 0.25) is 0 Å². The summed E-state index contributed by atoms with van der Waals surface area (Å²) < 4.78 is 0. The lowest BCUT2D eigenvalue weighted by Gasteiger charge is -2.15. The van der Waals surface area contributed by atoms with Gasteiger partial charge in [0.25, 0.3) is 0 Å². The third-order valence-electron chi connectivity index (χ3n) is 2.52. The van der Waals surface area contributed by atoms with Gasteiger partial charge in [-0.25, -0.2) is 0 Å². The molecular weight excluding hydrogens is 212 g/mol. The van der Waals surface area contributed by atoms with Crippen molar-refractivity contribution in [3.63, 3.8) is 0 Å².